The summed E-state index contributed by atoms with van der Waals surface area (Å²) in [6.07, 6.45) is 6.20. The highest BCUT2D eigenvalue weighted by molar-refractivity contribution is 7.52. The molecule has 1 N–H and O–H groups in total. The number of allylic oxidation sites excluding steroid dienone is 3. The van der Waals surface area contributed by atoms with Crippen LogP contribution in [0.2, 0.25) is 0 Å². The van der Waals surface area contributed by atoms with Gasteiger partial charge in [-0.15, -0.1) is 9.35 Å². The lowest BCUT2D eigenvalue weighted by Crippen LogP contribution is -2.46. The summed E-state index contributed by atoms with van der Waals surface area (Å²) in [5.41, 5.74) is -0.188. The Morgan fingerprint density at radius 3 is 2.15 bits per heavy atom. The number of hydrogen-bond acceptors (Lipinski definition) is 9. The molecular formula is C29H40NO10P. The number of rotatable bonds is 12. The van der Waals surface area contributed by atoms with E-state index >= 15 is 0 Å². The first-order chi connectivity index (χ1) is 19.1. The van der Waals surface area contributed by atoms with Gasteiger partial charge in [-0.1, -0.05) is 42.5 Å². The number of amides is 1. The number of aliphatic carboxylic acids is 1. The van der Waals surface area contributed by atoms with Crippen LogP contribution >= 0.6 is 7.60 Å². The maximum absolute atomic E-state index is 13.5. The third-order valence-corrected chi connectivity index (χ3v) is 7.44. The molecule has 1 fully saturated rings. The monoisotopic (exact) mass is 593 g/mol. The standard InChI is InChI=1S/C29H40NO10P/c1-28(2,3)37-39-41(35,40-38-29(4,5)6)18-21-13-11-20(12-14-21)15-22(16-26(32)33)27(34)30-19-36-17-24(30)23-9-7-8-10-25(23)31/h7-14,22-24H,15-19H2,1-6H3,(H,32,33)/t22-,23?,24-/m1/s1. The number of hydrogen-bond donors (Lipinski definition) is 1. The van der Waals surface area contributed by atoms with E-state index in [2.05, 4.69) is 0 Å². The van der Waals surface area contributed by atoms with E-state index in [9.17, 15) is 24.1 Å². The number of ether oxygens (including phenoxy) is 1. The van der Waals surface area contributed by atoms with Crippen LogP contribution in [-0.2, 0) is 55.4 Å². The van der Waals surface area contributed by atoms with Crippen LogP contribution in [0.3, 0.4) is 0 Å². The Labute approximate surface area is 240 Å². The Morgan fingerprint density at radius 1 is 1.02 bits per heavy atom. The highest BCUT2D eigenvalue weighted by atomic mass is 31.2. The normalized spacial score (nSPS) is 20.4. The molecule has 12 heteroatoms. The van der Waals surface area contributed by atoms with Gasteiger partial charge in [0.05, 0.1) is 48.3 Å². The van der Waals surface area contributed by atoms with Gasteiger partial charge in [0.1, 0.15) is 6.73 Å². The molecule has 2 aliphatic rings. The van der Waals surface area contributed by atoms with Crippen LogP contribution in [0, 0.1) is 11.8 Å². The molecule has 1 aromatic carbocycles. The molecule has 1 saturated heterocycles. The zero-order chi connectivity index (χ0) is 30.4. The van der Waals surface area contributed by atoms with Crippen molar-refractivity contribution in [3.8, 4) is 0 Å². The number of carbonyl (C=O) groups is 3. The maximum atomic E-state index is 13.5. The SMILES string of the molecule is CC(C)(C)OOP(=O)(Cc1ccc(C[C@H](CC(=O)O)C(=O)N2COC[C@@H]2C2C=CC=CC2=O)cc1)OOC(C)(C)C. The van der Waals surface area contributed by atoms with Gasteiger partial charge in [0.25, 0.3) is 0 Å². The number of carbonyl (C=O) groups excluding carboxylic acids is 2. The first-order valence-corrected chi connectivity index (χ1v) is 15.2. The van der Waals surface area contributed by atoms with E-state index in [0.717, 1.165) is 0 Å². The van der Waals surface area contributed by atoms with Gasteiger partial charge in [0, 0.05) is 0 Å². The van der Waals surface area contributed by atoms with Crippen molar-refractivity contribution in [3.63, 3.8) is 0 Å². The van der Waals surface area contributed by atoms with Crippen LogP contribution in [0.1, 0.15) is 59.1 Å². The second-order valence-corrected chi connectivity index (χ2v) is 14.0. The lowest BCUT2D eigenvalue weighted by atomic mass is 9.89. The first-order valence-electron chi connectivity index (χ1n) is 13.5. The van der Waals surface area contributed by atoms with Crippen molar-refractivity contribution < 1.29 is 47.9 Å². The Kier molecular flexibility index (Phi) is 10.9. The highest BCUT2D eigenvalue weighted by Gasteiger charge is 2.40. The number of ketones is 1. The predicted molar refractivity (Wildman–Crippen MR) is 149 cm³/mol. The molecule has 1 unspecified atom stereocenters. The second kappa shape index (κ2) is 13.5. The number of benzene rings is 1. The second-order valence-electron chi connectivity index (χ2n) is 12.2. The van der Waals surface area contributed by atoms with E-state index in [0.29, 0.717) is 11.1 Å². The van der Waals surface area contributed by atoms with Gasteiger partial charge >= 0.3 is 13.6 Å². The molecule has 1 aliphatic heterocycles. The molecule has 3 rings (SSSR count). The lowest BCUT2D eigenvalue weighted by molar-refractivity contribution is -0.326. The van der Waals surface area contributed by atoms with Gasteiger partial charge < -0.3 is 14.7 Å². The average molecular weight is 594 g/mol. The van der Waals surface area contributed by atoms with Crippen LogP contribution in [-0.4, -0.2) is 58.2 Å². The summed E-state index contributed by atoms with van der Waals surface area (Å²) >= 11 is 0. The van der Waals surface area contributed by atoms with E-state index < -0.39 is 42.6 Å². The van der Waals surface area contributed by atoms with E-state index in [4.69, 9.17) is 23.9 Å². The minimum absolute atomic E-state index is 0.0115. The molecule has 41 heavy (non-hydrogen) atoms. The van der Waals surface area contributed by atoms with Crippen molar-refractivity contribution >= 4 is 25.3 Å². The maximum Gasteiger partial charge on any atom is 0.388 e. The summed E-state index contributed by atoms with van der Waals surface area (Å²) in [5.74, 6) is -3.04. The van der Waals surface area contributed by atoms with Crippen molar-refractivity contribution in [1.29, 1.82) is 0 Å². The van der Waals surface area contributed by atoms with Crippen molar-refractivity contribution in [2.75, 3.05) is 13.3 Å². The molecule has 11 nitrogen and oxygen atoms in total. The summed E-state index contributed by atoms with van der Waals surface area (Å²) in [6, 6.07) is 6.35. The van der Waals surface area contributed by atoms with Crippen LogP contribution in [0.5, 0.6) is 0 Å². The molecule has 1 aliphatic carbocycles. The molecule has 226 valence electrons. The Hall–Kier alpha value is -2.66. The minimum atomic E-state index is -3.89. The minimum Gasteiger partial charge on any atom is -0.481 e. The molecule has 1 heterocycles. The Bertz CT molecular complexity index is 1170. The molecule has 0 aromatic heterocycles. The number of carboxylic acid groups (broad SMARTS) is 1. The molecular weight excluding hydrogens is 553 g/mol. The molecule has 1 amide bonds. The van der Waals surface area contributed by atoms with Crippen LogP contribution < -0.4 is 0 Å². The average Bonchev–Trinajstić information content (AvgIpc) is 3.36. The smallest absolute Gasteiger partial charge is 0.388 e. The fourth-order valence-corrected chi connectivity index (χ4v) is 5.69. The summed E-state index contributed by atoms with van der Waals surface area (Å²) in [7, 11) is -3.89. The summed E-state index contributed by atoms with van der Waals surface area (Å²) < 4.78 is 29.4. The molecule has 0 radical (unpaired) electrons. The van der Waals surface area contributed by atoms with E-state index in [1.165, 1.54) is 11.0 Å². The fourth-order valence-electron chi connectivity index (χ4n) is 4.22. The van der Waals surface area contributed by atoms with Gasteiger partial charge in [0.2, 0.25) is 5.91 Å². The third-order valence-electron chi connectivity index (χ3n) is 6.09. The number of nitrogens with zero attached hydrogens (tertiary/aromatic N) is 1. The molecule has 3 atom stereocenters. The fraction of sp³-hybridized carbons (Fsp3) is 0.552. The van der Waals surface area contributed by atoms with Gasteiger partial charge in [-0.05, 0) is 65.2 Å². The topological polar surface area (TPSA) is 138 Å². The van der Waals surface area contributed by atoms with Crippen molar-refractivity contribution in [2.45, 2.75) is 77.8 Å². The molecule has 1 aromatic rings. The van der Waals surface area contributed by atoms with Crippen molar-refractivity contribution in [1.82, 2.24) is 4.90 Å². The zero-order valence-corrected chi connectivity index (χ0v) is 25.3. The van der Waals surface area contributed by atoms with Crippen LogP contribution in [0.15, 0.2) is 48.6 Å². The summed E-state index contributed by atoms with van der Waals surface area (Å²) in [5, 5.41) is 9.54. The molecule has 0 saturated carbocycles. The van der Waals surface area contributed by atoms with E-state index in [1.54, 1.807) is 84.0 Å². The highest BCUT2D eigenvalue weighted by Crippen LogP contribution is 2.53. The predicted octanol–water partition coefficient (Wildman–Crippen LogP) is 5.00. The summed E-state index contributed by atoms with van der Waals surface area (Å²) in [4.78, 5) is 49.6. The quantitative estimate of drug-likeness (QED) is 0.200. The summed E-state index contributed by atoms with van der Waals surface area (Å²) in [6.45, 7) is 10.6. The molecule has 0 bridgehead atoms. The van der Waals surface area contributed by atoms with Crippen LogP contribution in [0.25, 0.3) is 0 Å². The van der Waals surface area contributed by atoms with Gasteiger partial charge in [-0.3, -0.25) is 18.9 Å². The van der Waals surface area contributed by atoms with Gasteiger partial charge in [0.15, 0.2) is 5.78 Å². The van der Waals surface area contributed by atoms with Crippen molar-refractivity contribution in [2.24, 2.45) is 11.8 Å². The van der Waals surface area contributed by atoms with Gasteiger partial charge in [-0.2, -0.15) is 0 Å². The Morgan fingerprint density at radius 2 is 1.61 bits per heavy atom. The zero-order valence-electron chi connectivity index (χ0n) is 24.4. The largest absolute Gasteiger partial charge is 0.481 e. The first kappa shape index (κ1) is 32.8. The molecule has 0 spiro atoms. The lowest BCUT2D eigenvalue weighted by Gasteiger charge is -2.30. The third kappa shape index (κ3) is 10.3. The Balaban J connectivity index is 1.73. The van der Waals surface area contributed by atoms with Gasteiger partial charge in [-0.25, -0.2) is 9.78 Å². The van der Waals surface area contributed by atoms with E-state index in [1.807, 2.05) is 0 Å². The van der Waals surface area contributed by atoms with Crippen molar-refractivity contribution in [3.05, 3.63) is 59.7 Å². The van der Waals surface area contributed by atoms with E-state index in [-0.39, 0.29) is 44.0 Å². The van der Waals surface area contributed by atoms with Crippen LogP contribution in [0.4, 0.5) is 0 Å². The number of carboxylic acids is 1.